The maximum atomic E-state index is 11.4. The van der Waals surface area contributed by atoms with Crippen molar-refractivity contribution in [3.05, 3.63) is 33.2 Å². The van der Waals surface area contributed by atoms with Gasteiger partial charge in [0.2, 0.25) is 0 Å². The molecule has 0 fully saturated rings. The molecule has 6 nitrogen and oxygen atoms in total. The predicted molar refractivity (Wildman–Crippen MR) is 52.2 cm³/mol. The molecule has 2 N–H and O–H groups in total. The second-order valence-corrected chi connectivity index (χ2v) is 3.81. The molecule has 0 unspecified atom stereocenters. The summed E-state index contributed by atoms with van der Waals surface area (Å²) in [6.45, 7) is -0.341. The Bertz CT molecular complexity index is 586. The smallest absolute Gasteiger partial charge is 0.347 e. The molecule has 0 bridgehead atoms. The van der Waals surface area contributed by atoms with Crippen molar-refractivity contribution in [3.63, 3.8) is 0 Å². The molecule has 7 heteroatoms. The second kappa shape index (κ2) is 3.44. The minimum Gasteiger partial charge on any atom is -0.477 e. The summed E-state index contributed by atoms with van der Waals surface area (Å²) in [5.74, 6) is -1.10. The van der Waals surface area contributed by atoms with Crippen LogP contribution in [-0.2, 0) is 6.61 Å². The molecule has 2 rings (SSSR count). The molecule has 0 amide bonds. The van der Waals surface area contributed by atoms with E-state index in [1.807, 2.05) is 0 Å². The number of carboxylic acids is 1. The van der Waals surface area contributed by atoms with Crippen LogP contribution < -0.4 is 5.56 Å². The fraction of sp³-hybridized carbons (Fsp3) is 0.125. The van der Waals surface area contributed by atoms with Gasteiger partial charge in [-0.1, -0.05) is 11.3 Å². The van der Waals surface area contributed by atoms with Gasteiger partial charge >= 0.3 is 5.97 Å². The van der Waals surface area contributed by atoms with Gasteiger partial charge in [0.05, 0.1) is 12.3 Å². The number of carbonyl (C=O) groups is 1. The minimum atomic E-state index is -1.10. The molecule has 0 saturated carbocycles. The summed E-state index contributed by atoms with van der Waals surface area (Å²) in [5, 5.41) is 17.5. The van der Waals surface area contributed by atoms with Crippen molar-refractivity contribution in [3.8, 4) is 0 Å². The normalized spacial score (nSPS) is 10.7. The molecule has 0 saturated heterocycles. The Kier molecular flexibility index (Phi) is 2.25. The van der Waals surface area contributed by atoms with Gasteiger partial charge in [-0.2, -0.15) is 0 Å². The van der Waals surface area contributed by atoms with E-state index in [-0.39, 0.29) is 22.1 Å². The van der Waals surface area contributed by atoms with Crippen molar-refractivity contribution in [2.45, 2.75) is 6.61 Å². The number of aromatic nitrogens is 2. The number of carboxylic acid groups (broad SMARTS) is 1. The van der Waals surface area contributed by atoms with Crippen LogP contribution in [0.5, 0.6) is 0 Å². The van der Waals surface area contributed by atoms with Crippen LogP contribution in [0.15, 0.2) is 17.1 Å². The number of aliphatic hydroxyl groups is 1. The number of fused-ring (bicyclic) bond motifs is 1. The molecule has 0 aliphatic rings. The van der Waals surface area contributed by atoms with Gasteiger partial charge in [0, 0.05) is 12.3 Å². The number of hydrogen-bond donors (Lipinski definition) is 2. The molecule has 2 heterocycles. The average Bonchev–Trinajstić information content (AvgIpc) is 2.61. The monoisotopic (exact) mass is 226 g/mol. The fourth-order valence-corrected chi connectivity index (χ4v) is 1.97. The van der Waals surface area contributed by atoms with Crippen molar-refractivity contribution >= 4 is 22.3 Å². The fourth-order valence-electron chi connectivity index (χ4n) is 1.13. The van der Waals surface area contributed by atoms with Crippen molar-refractivity contribution in [1.82, 2.24) is 9.38 Å². The van der Waals surface area contributed by atoms with E-state index in [1.54, 1.807) is 0 Å². The predicted octanol–water partition coefficient (Wildman–Crippen LogP) is -0.0535. The van der Waals surface area contributed by atoms with E-state index in [0.29, 0.717) is 0 Å². The van der Waals surface area contributed by atoms with Gasteiger partial charge in [0.1, 0.15) is 4.88 Å². The quantitative estimate of drug-likeness (QED) is 0.748. The number of rotatable bonds is 2. The molecule has 2 aromatic rings. The van der Waals surface area contributed by atoms with Crippen molar-refractivity contribution in [2.75, 3.05) is 0 Å². The second-order valence-electron chi connectivity index (χ2n) is 2.80. The first-order chi connectivity index (χ1) is 7.11. The lowest BCUT2D eigenvalue weighted by Crippen LogP contribution is -2.13. The summed E-state index contributed by atoms with van der Waals surface area (Å²) in [5.41, 5.74) is -0.161. The van der Waals surface area contributed by atoms with E-state index < -0.39 is 11.5 Å². The van der Waals surface area contributed by atoms with Crippen LogP contribution in [0, 0.1) is 0 Å². The van der Waals surface area contributed by atoms with E-state index >= 15 is 0 Å². The molecule has 0 atom stereocenters. The van der Waals surface area contributed by atoms with Crippen LogP contribution in [0.3, 0.4) is 0 Å². The molecule has 15 heavy (non-hydrogen) atoms. The highest BCUT2D eigenvalue weighted by molar-refractivity contribution is 7.18. The van der Waals surface area contributed by atoms with Gasteiger partial charge in [-0.3, -0.25) is 9.20 Å². The van der Waals surface area contributed by atoms with Crippen LogP contribution in [-0.4, -0.2) is 25.6 Å². The van der Waals surface area contributed by atoms with Gasteiger partial charge in [-0.25, -0.2) is 9.78 Å². The van der Waals surface area contributed by atoms with E-state index in [9.17, 15) is 9.59 Å². The lowest BCUT2D eigenvalue weighted by molar-refractivity contribution is 0.0702. The highest BCUT2D eigenvalue weighted by Crippen LogP contribution is 2.14. The largest absolute Gasteiger partial charge is 0.477 e. The molecule has 0 radical (unpaired) electrons. The summed E-state index contributed by atoms with van der Waals surface area (Å²) >= 11 is 0.890. The third-order valence-electron chi connectivity index (χ3n) is 1.79. The highest BCUT2D eigenvalue weighted by Gasteiger charge is 2.11. The van der Waals surface area contributed by atoms with Gasteiger partial charge in [0.25, 0.3) is 5.56 Å². The maximum Gasteiger partial charge on any atom is 0.347 e. The zero-order chi connectivity index (χ0) is 11.0. The maximum absolute atomic E-state index is 11.4. The number of thiazole rings is 1. The number of nitrogens with zero attached hydrogens (tertiary/aromatic N) is 2. The Morgan fingerprint density at radius 2 is 2.33 bits per heavy atom. The topological polar surface area (TPSA) is 91.9 Å². The third-order valence-corrected chi connectivity index (χ3v) is 2.76. The SMILES string of the molecule is O=C(O)c1cn2c(=O)cc(CO)nc2s1. The van der Waals surface area contributed by atoms with Gasteiger partial charge in [-0.05, 0) is 0 Å². The Balaban J connectivity index is 2.75. The molecule has 0 aliphatic heterocycles. The van der Waals surface area contributed by atoms with Crippen molar-refractivity contribution in [2.24, 2.45) is 0 Å². The zero-order valence-electron chi connectivity index (χ0n) is 7.38. The number of aromatic carboxylic acids is 1. The van der Waals surface area contributed by atoms with Gasteiger partial charge in [0.15, 0.2) is 4.96 Å². The van der Waals surface area contributed by atoms with Crippen LogP contribution >= 0.6 is 11.3 Å². The van der Waals surface area contributed by atoms with E-state index in [0.717, 1.165) is 15.7 Å². The summed E-state index contributed by atoms with van der Waals surface area (Å²) in [6.07, 6.45) is 1.22. The summed E-state index contributed by atoms with van der Waals surface area (Å²) < 4.78 is 1.15. The lowest BCUT2D eigenvalue weighted by atomic mass is 10.4. The Hall–Kier alpha value is -1.73. The summed E-state index contributed by atoms with van der Waals surface area (Å²) in [6, 6.07) is 1.17. The molecule has 0 aliphatic carbocycles. The Morgan fingerprint density at radius 1 is 1.60 bits per heavy atom. The number of aliphatic hydroxyl groups excluding tert-OH is 1. The molecule has 78 valence electrons. The third kappa shape index (κ3) is 1.62. The van der Waals surface area contributed by atoms with E-state index in [2.05, 4.69) is 4.98 Å². The van der Waals surface area contributed by atoms with Crippen LogP contribution in [0.4, 0.5) is 0 Å². The van der Waals surface area contributed by atoms with Crippen molar-refractivity contribution in [1.29, 1.82) is 0 Å². The van der Waals surface area contributed by atoms with Crippen LogP contribution in [0.25, 0.3) is 4.96 Å². The van der Waals surface area contributed by atoms with Crippen LogP contribution in [0.1, 0.15) is 15.4 Å². The molecule has 0 spiro atoms. The van der Waals surface area contributed by atoms with Gasteiger partial charge in [-0.15, -0.1) is 0 Å². The number of hydrogen-bond acceptors (Lipinski definition) is 5. The van der Waals surface area contributed by atoms with Crippen molar-refractivity contribution < 1.29 is 15.0 Å². The molecule has 0 aromatic carbocycles. The Labute approximate surface area is 87.1 Å². The first-order valence-corrected chi connectivity index (χ1v) is 4.80. The summed E-state index contributed by atoms with van der Waals surface area (Å²) in [7, 11) is 0. The molecular weight excluding hydrogens is 220 g/mol. The lowest BCUT2D eigenvalue weighted by Gasteiger charge is -1.94. The van der Waals surface area contributed by atoms with E-state index in [1.165, 1.54) is 12.3 Å². The van der Waals surface area contributed by atoms with Gasteiger partial charge < -0.3 is 10.2 Å². The standard InChI is InChI=1S/C8H6N2O4S/c11-3-4-1-6(12)10-2-5(7(13)14)15-8(10)9-4/h1-2,11H,3H2,(H,13,14). The first-order valence-electron chi connectivity index (χ1n) is 3.98. The molecular formula is C8H6N2O4S. The van der Waals surface area contributed by atoms with E-state index in [4.69, 9.17) is 10.2 Å². The first kappa shape index (κ1) is 9.81. The zero-order valence-corrected chi connectivity index (χ0v) is 8.19. The average molecular weight is 226 g/mol. The Morgan fingerprint density at radius 3 is 2.93 bits per heavy atom. The highest BCUT2D eigenvalue weighted by atomic mass is 32.1. The molecule has 2 aromatic heterocycles. The van der Waals surface area contributed by atoms with Crippen LogP contribution in [0.2, 0.25) is 0 Å². The minimum absolute atomic E-state index is 0.0367. The summed E-state index contributed by atoms with van der Waals surface area (Å²) in [4.78, 5) is 26.3.